The molecule has 0 unspecified atom stereocenters. The quantitative estimate of drug-likeness (QED) is 0.643. The maximum absolute atomic E-state index is 3.26. The molecular formula is C12H10IrN2-2. The first-order valence-electron chi connectivity index (χ1n) is 4.61. The predicted molar refractivity (Wildman–Crippen MR) is 56.9 cm³/mol. The van der Waals surface area contributed by atoms with Gasteiger partial charge in [-0.3, -0.25) is 0 Å². The van der Waals surface area contributed by atoms with Gasteiger partial charge in [0.15, 0.2) is 0 Å². The molecule has 0 bridgehead atoms. The zero-order chi connectivity index (χ0) is 9.54. The third-order valence-electron chi connectivity index (χ3n) is 2.45. The van der Waals surface area contributed by atoms with E-state index in [0.717, 1.165) is 5.69 Å². The molecule has 0 N–H and O–H groups in total. The molecule has 2 heterocycles. The minimum Gasteiger partial charge on any atom is -0.510 e. The van der Waals surface area contributed by atoms with Crippen molar-refractivity contribution in [1.82, 2.24) is 4.90 Å². The first-order valence-corrected chi connectivity index (χ1v) is 4.61. The van der Waals surface area contributed by atoms with E-state index in [4.69, 9.17) is 0 Å². The van der Waals surface area contributed by atoms with Gasteiger partial charge in [-0.05, 0) is 13.2 Å². The Labute approximate surface area is 103 Å². The van der Waals surface area contributed by atoms with Crippen molar-refractivity contribution in [3.8, 4) is 0 Å². The molecular weight excluding hydrogens is 364 g/mol. The van der Waals surface area contributed by atoms with Gasteiger partial charge in [0.05, 0.1) is 0 Å². The topological polar surface area (TPSA) is 6.48 Å². The summed E-state index contributed by atoms with van der Waals surface area (Å²) in [6.07, 6.45) is 6.34. The molecule has 0 saturated heterocycles. The Morgan fingerprint density at radius 3 is 3.07 bits per heavy atom. The molecule has 0 spiro atoms. The number of anilines is 1. The van der Waals surface area contributed by atoms with Crippen molar-refractivity contribution >= 4 is 11.8 Å². The predicted octanol–water partition coefficient (Wildman–Crippen LogP) is 2.22. The molecule has 2 aliphatic heterocycles. The van der Waals surface area contributed by atoms with E-state index < -0.39 is 0 Å². The number of benzene rings is 1. The Balaban J connectivity index is 0.000000853. The van der Waals surface area contributed by atoms with Crippen LogP contribution in [-0.2, 0) is 20.1 Å². The maximum Gasteiger partial charge on any atom is 0.0240 e. The fourth-order valence-corrected chi connectivity index (χ4v) is 1.82. The van der Waals surface area contributed by atoms with Crippen LogP contribution in [0.5, 0.6) is 0 Å². The normalized spacial score (nSPS) is 16.7. The van der Waals surface area contributed by atoms with Gasteiger partial charge in [-0.2, -0.15) is 30.9 Å². The van der Waals surface area contributed by atoms with Crippen molar-refractivity contribution in [3.05, 3.63) is 54.5 Å². The Morgan fingerprint density at radius 1 is 1.33 bits per heavy atom. The van der Waals surface area contributed by atoms with E-state index >= 15 is 0 Å². The minimum absolute atomic E-state index is 0. The van der Waals surface area contributed by atoms with Crippen LogP contribution in [0.2, 0.25) is 0 Å². The summed E-state index contributed by atoms with van der Waals surface area (Å²) >= 11 is 0. The van der Waals surface area contributed by atoms with Gasteiger partial charge < -0.3 is 9.80 Å². The van der Waals surface area contributed by atoms with Crippen LogP contribution in [0, 0.1) is 12.7 Å². The molecule has 0 saturated carbocycles. The summed E-state index contributed by atoms with van der Waals surface area (Å²) in [6, 6.07) is 9.32. The van der Waals surface area contributed by atoms with E-state index in [1.165, 1.54) is 11.3 Å². The van der Waals surface area contributed by atoms with Gasteiger partial charge >= 0.3 is 0 Å². The molecule has 0 fully saturated rings. The van der Waals surface area contributed by atoms with E-state index in [1.807, 2.05) is 19.2 Å². The molecule has 0 aromatic heterocycles. The van der Waals surface area contributed by atoms with Crippen molar-refractivity contribution in [2.24, 2.45) is 0 Å². The Morgan fingerprint density at radius 2 is 2.20 bits per heavy atom. The van der Waals surface area contributed by atoms with Crippen LogP contribution in [0.3, 0.4) is 0 Å². The first kappa shape index (κ1) is 10.5. The van der Waals surface area contributed by atoms with E-state index in [-0.39, 0.29) is 20.1 Å². The van der Waals surface area contributed by atoms with Crippen LogP contribution in [0.25, 0.3) is 6.08 Å². The van der Waals surface area contributed by atoms with Gasteiger partial charge in [0.2, 0.25) is 0 Å². The van der Waals surface area contributed by atoms with Crippen molar-refractivity contribution < 1.29 is 20.1 Å². The maximum atomic E-state index is 3.26. The van der Waals surface area contributed by atoms with E-state index in [2.05, 4.69) is 47.0 Å². The standard InChI is InChI=1S/C12H10N2.Ir/c1-13-8-11-7-6-10-4-2-3-5-12(10)14(11)9-13;/h2-4,6-9H,1H3;/q-2;. The SMILES string of the molecule is CN1C=C2C=Cc3ccc[c-]c3N2[CH-]1.[Ir]. The summed E-state index contributed by atoms with van der Waals surface area (Å²) in [5.41, 5.74) is 3.55. The monoisotopic (exact) mass is 375 g/mol. The third kappa shape index (κ3) is 1.62. The number of hydrogen-bond donors (Lipinski definition) is 0. The van der Waals surface area contributed by atoms with Crippen molar-refractivity contribution in [2.75, 3.05) is 11.9 Å². The van der Waals surface area contributed by atoms with E-state index in [1.54, 1.807) is 0 Å². The number of fused-ring (bicyclic) bond motifs is 3. The number of nitrogens with zero attached hydrogens (tertiary/aromatic N) is 2. The van der Waals surface area contributed by atoms with Gasteiger partial charge in [0, 0.05) is 25.8 Å². The van der Waals surface area contributed by atoms with Gasteiger partial charge in [0.1, 0.15) is 0 Å². The molecule has 0 aliphatic carbocycles. The second-order valence-corrected chi connectivity index (χ2v) is 3.51. The van der Waals surface area contributed by atoms with E-state index in [9.17, 15) is 0 Å². The fraction of sp³-hybridized carbons (Fsp3) is 0.0833. The smallest absolute Gasteiger partial charge is 0.0240 e. The molecule has 3 heteroatoms. The number of hydrogen-bond acceptors (Lipinski definition) is 2. The summed E-state index contributed by atoms with van der Waals surface area (Å²) in [4.78, 5) is 4.20. The van der Waals surface area contributed by atoms with Crippen LogP contribution in [-0.4, -0.2) is 11.9 Å². The second kappa shape index (κ2) is 3.84. The molecule has 0 atom stereocenters. The molecule has 1 aromatic rings. The average molecular weight is 374 g/mol. The minimum atomic E-state index is 0. The third-order valence-corrected chi connectivity index (χ3v) is 2.45. The van der Waals surface area contributed by atoms with Crippen LogP contribution in [0.4, 0.5) is 5.69 Å². The van der Waals surface area contributed by atoms with Gasteiger partial charge in [0.25, 0.3) is 0 Å². The summed E-state index contributed by atoms with van der Waals surface area (Å²) in [5, 5.41) is 0. The largest absolute Gasteiger partial charge is 0.510 e. The van der Waals surface area contributed by atoms with Crippen molar-refractivity contribution in [3.63, 3.8) is 0 Å². The molecule has 1 aromatic carbocycles. The molecule has 2 nitrogen and oxygen atoms in total. The van der Waals surface area contributed by atoms with Crippen LogP contribution in [0.1, 0.15) is 5.56 Å². The summed E-state index contributed by atoms with van der Waals surface area (Å²) < 4.78 is 0. The molecule has 79 valence electrons. The van der Waals surface area contributed by atoms with Crippen LogP contribution in [0.15, 0.2) is 36.2 Å². The Hall–Kier alpha value is -1.05. The fourth-order valence-electron chi connectivity index (χ4n) is 1.82. The Bertz CT molecular complexity index is 437. The molecule has 1 radical (unpaired) electrons. The second-order valence-electron chi connectivity index (χ2n) is 3.51. The molecule has 2 aliphatic rings. The number of allylic oxidation sites excluding steroid dienone is 1. The zero-order valence-corrected chi connectivity index (χ0v) is 10.7. The van der Waals surface area contributed by atoms with E-state index in [0.29, 0.717) is 0 Å². The van der Waals surface area contributed by atoms with Crippen molar-refractivity contribution in [1.29, 1.82) is 0 Å². The Kier molecular flexibility index (Phi) is 2.68. The summed E-state index contributed by atoms with van der Waals surface area (Å²) in [6.45, 7) is 2.06. The average Bonchev–Trinajstić information content (AvgIpc) is 2.59. The first-order chi connectivity index (χ1) is 6.84. The molecule has 15 heavy (non-hydrogen) atoms. The number of para-hydroxylation sites is 1. The van der Waals surface area contributed by atoms with Crippen molar-refractivity contribution in [2.45, 2.75) is 0 Å². The number of rotatable bonds is 0. The van der Waals surface area contributed by atoms with Crippen LogP contribution >= 0.6 is 0 Å². The van der Waals surface area contributed by atoms with Crippen LogP contribution < -0.4 is 4.90 Å². The molecule has 3 rings (SSSR count). The zero-order valence-electron chi connectivity index (χ0n) is 8.27. The van der Waals surface area contributed by atoms with Gasteiger partial charge in [-0.15, -0.1) is 11.6 Å². The van der Waals surface area contributed by atoms with Gasteiger partial charge in [-0.1, -0.05) is 11.8 Å². The molecule has 0 amide bonds. The summed E-state index contributed by atoms with van der Waals surface area (Å²) in [7, 11) is 2.03. The van der Waals surface area contributed by atoms with Gasteiger partial charge in [-0.25, -0.2) is 0 Å². The summed E-state index contributed by atoms with van der Waals surface area (Å²) in [5.74, 6) is 0.